The molecule has 0 aromatic heterocycles. The number of guanidine groups is 1. The number of nitrogens with one attached hydrogen (secondary N) is 1. The van der Waals surface area contributed by atoms with E-state index >= 15 is 0 Å². The topological polar surface area (TPSA) is 61.8 Å². The molecule has 27 heavy (non-hydrogen) atoms. The van der Waals surface area contributed by atoms with E-state index < -0.39 is 14.6 Å². The molecule has 1 N–H and O–H groups in total. The van der Waals surface area contributed by atoms with E-state index in [-0.39, 0.29) is 11.2 Å². The zero-order valence-electron chi connectivity index (χ0n) is 17.1. The van der Waals surface area contributed by atoms with E-state index in [2.05, 4.69) is 46.4 Å². The van der Waals surface area contributed by atoms with Crippen LogP contribution in [0.2, 0.25) is 0 Å². The Kier molecular flexibility index (Phi) is 5.57. The summed E-state index contributed by atoms with van der Waals surface area (Å²) < 4.78 is 23.9. The molecule has 0 radical (unpaired) electrons. The molecule has 1 saturated heterocycles. The minimum Gasteiger partial charge on any atom is -0.355 e. The fourth-order valence-corrected chi connectivity index (χ4v) is 5.87. The van der Waals surface area contributed by atoms with Gasteiger partial charge in [0.25, 0.3) is 0 Å². The predicted molar refractivity (Wildman–Crippen MR) is 112 cm³/mol. The molecule has 1 aromatic carbocycles. The van der Waals surface area contributed by atoms with Crippen molar-refractivity contribution in [3.8, 4) is 0 Å². The van der Waals surface area contributed by atoms with Gasteiger partial charge in [0.2, 0.25) is 0 Å². The lowest BCUT2D eigenvalue weighted by molar-refractivity contribution is 0.344. The molecule has 2 aliphatic rings. The Morgan fingerprint density at radius 3 is 2.56 bits per heavy atom. The summed E-state index contributed by atoms with van der Waals surface area (Å²) in [5.74, 6) is 1.00. The van der Waals surface area contributed by atoms with Crippen LogP contribution in [-0.2, 0) is 15.3 Å². The zero-order chi connectivity index (χ0) is 19.7. The molecule has 1 aliphatic heterocycles. The molecule has 5 nitrogen and oxygen atoms in total. The van der Waals surface area contributed by atoms with Crippen LogP contribution in [0, 0.1) is 6.92 Å². The van der Waals surface area contributed by atoms with E-state index in [1.165, 1.54) is 36.8 Å². The Bertz CT molecular complexity index is 808. The van der Waals surface area contributed by atoms with Gasteiger partial charge in [0.1, 0.15) is 0 Å². The first-order valence-corrected chi connectivity index (χ1v) is 11.6. The molecule has 0 bridgehead atoms. The van der Waals surface area contributed by atoms with Crippen LogP contribution < -0.4 is 5.32 Å². The van der Waals surface area contributed by atoms with Gasteiger partial charge < -0.3 is 10.2 Å². The van der Waals surface area contributed by atoms with Gasteiger partial charge in [-0.15, -0.1) is 0 Å². The molecule has 6 heteroatoms. The Labute approximate surface area is 164 Å². The maximum absolute atomic E-state index is 12.3. The first-order valence-electron chi connectivity index (χ1n) is 9.94. The summed E-state index contributed by atoms with van der Waals surface area (Å²) in [5.41, 5.74) is 2.84. The van der Waals surface area contributed by atoms with E-state index in [4.69, 9.17) is 0 Å². The Morgan fingerprint density at radius 1 is 1.26 bits per heavy atom. The van der Waals surface area contributed by atoms with Gasteiger partial charge in [-0.05, 0) is 39.2 Å². The molecule has 0 spiro atoms. The highest BCUT2D eigenvalue weighted by Crippen LogP contribution is 2.41. The highest BCUT2D eigenvalue weighted by Gasteiger charge is 2.42. The highest BCUT2D eigenvalue weighted by atomic mass is 32.2. The van der Waals surface area contributed by atoms with Crippen LogP contribution in [0.1, 0.15) is 50.7 Å². The van der Waals surface area contributed by atoms with Gasteiger partial charge in [-0.25, -0.2) is 8.42 Å². The Morgan fingerprint density at radius 2 is 1.96 bits per heavy atom. The van der Waals surface area contributed by atoms with Crippen molar-refractivity contribution in [3.63, 3.8) is 0 Å². The number of aliphatic imine (C=N–C) groups is 1. The van der Waals surface area contributed by atoms with Crippen molar-refractivity contribution in [1.82, 2.24) is 10.2 Å². The second-order valence-electron chi connectivity index (χ2n) is 8.76. The first-order chi connectivity index (χ1) is 12.7. The van der Waals surface area contributed by atoms with Crippen molar-refractivity contribution in [1.29, 1.82) is 0 Å². The molecular formula is C21H33N3O2S. The van der Waals surface area contributed by atoms with Gasteiger partial charge >= 0.3 is 0 Å². The van der Waals surface area contributed by atoms with Gasteiger partial charge in [-0.3, -0.25) is 4.99 Å². The van der Waals surface area contributed by atoms with Gasteiger partial charge in [0.15, 0.2) is 15.8 Å². The lowest BCUT2D eigenvalue weighted by Crippen LogP contribution is -2.58. The van der Waals surface area contributed by atoms with E-state index in [0.717, 1.165) is 12.5 Å². The molecule has 0 amide bonds. The lowest BCUT2D eigenvalue weighted by Gasteiger charge is -2.40. The van der Waals surface area contributed by atoms with Crippen molar-refractivity contribution in [2.45, 2.75) is 56.6 Å². The summed E-state index contributed by atoms with van der Waals surface area (Å²) in [6.07, 6.45) is 4.87. The van der Waals surface area contributed by atoms with Crippen LogP contribution in [0.15, 0.2) is 29.3 Å². The fourth-order valence-electron chi connectivity index (χ4n) is 4.50. The van der Waals surface area contributed by atoms with Crippen molar-refractivity contribution in [2.24, 2.45) is 4.99 Å². The molecule has 2 fully saturated rings. The first kappa shape index (κ1) is 20.2. The second-order valence-corrected chi connectivity index (χ2v) is 11.5. The van der Waals surface area contributed by atoms with Crippen LogP contribution in [0.5, 0.6) is 0 Å². The number of sulfone groups is 1. The van der Waals surface area contributed by atoms with Crippen LogP contribution >= 0.6 is 0 Å². The smallest absolute Gasteiger partial charge is 0.193 e. The lowest BCUT2D eigenvalue weighted by atomic mass is 9.78. The summed E-state index contributed by atoms with van der Waals surface area (Å²) in [7, 11) is -1.27. The van der Waals surface area contributed by atoms with Crippen LogP contribution in [0.3, 0.4) is 0 Å². The molecule has 1 aromatic rings. The van der Waals surface area contributed by atoms with Crippen LogP contribution in [0.4, 0.5) is 0 Å². The van der Waals surface area contributed by atoms with E-state index in [1.54, 1.807) is 7.05 Å². The number of hydrogen-bond acceptors (Lipinski definition) is 3. The molecule has 0 unspecified atom stereocenters. The highest BCUT2D eigenvalue weighted by molar-refractivity contribution is 7.92. The largest absolute Gasteiger partial charge is 0.355 e. The van der Waals surface area contributed by atoms with Gasteiger partial charge in [0, 0.05) is 32.1 Å². The summed E-state index contributed by atoms with van der Waals surface area (Å²) in [4.78, 5) is 6.56. The summed E-state index contributed by atoms with van der Waals surface area (Å²) in [6.45, 7) is 7.59. The van der Waals surface area contributed by atoms with E-state index in [1.807, 2.05) is 13.8 Å². The maximum Gasteiger partial charge on any atom is 0.193 e. The number of hydrogen-bond donors (Lipinski definition) is 1. The molecule has 150 valence electrons. The molecule has 1 heterocycles. The van der Waals surface area contributed by atoms with Crippen molar-refractivity contribution in [2.75, 3.05) is 32.4 Å². The van der Waals surface area contributed by atoms with Crippen molar-refractivity contribution >= 4 is 15.8 Å². The van der Waals surface area contributed by atoms with Crippen LogP contribution in [-0.4, -0.2) is 56.5 Å². The molecule has 0 atom stereocenters. The second kappa shape index (κ2) is 7.46. The molecule has 1 saturated carbocycles. The molecule has 3 rings (SSSR count). The van der Waals surface area contributed by atoms with Crippen LogP contribution in [0.25, 0.3) is 0 Å². The zero-order valence-corrected chi connectivity index (χ0v) is 17.9. The number of nitrogens with zero attached hydrogens (tertiary/aromatic N) is 2. The standard InChI is InChI=1S/C21H33N3O2S/c1-17-8-7-9-18(14-17)21(10-5-6-11-21)15-23-19(22-4)24-12-13-27(25,26)20(2,3)16-24/h7-9,14H,5-6,10-13,15-16H2,1-4H3,(H,22,23). The minimum atomic E-state index is -3.05. The van der Waals surface area contributed by atoms with Crippen molar-refractivity contribution in [3.05, 3.63) is 35.4 Å². The average molecular weight is 392 g/mol. The van der Waals surface area contributed by atoms with Gasteiger partial charge in [-0.1, -0.05) is 42.7 Å². The third kappa shape index (κ3) is 4.00. The summed E-state index contributed by atoms with van der Waals surface area (Å²) in [6, 6.07) is 8.86. The summed E-state index contributed by atoms with van der Waals surface area (Å²) in [5, 5.41) is 3.59. The van der Waals surface area contributed by atoms with E-state index in [9.17, 15) is 8.42 Å². The molecular weight excluding hydrogens is 358 g/mol. The van der Waals surface area contributed by atoms with Gasteiger partial charge in [-0.2, -0.15) is 0 Å². The monoisotopic (exact) mass is 391 g/mol. The Hall–Kier alpha value is -1.56. The quantitative estimate of drug-likeness (QED) is 0.636. The third-order valence-corrected chi connectivity index (χ3v) is 8.86. The SMILES string of the molecule is CN=C(NCC1(c2cccc(C)c2)CCCC1)N1CCS(=O)(=O)C(C)(C)C1. The number of rotatable bonds is 3. The number of benzene rings is 1. The Balaban J connectivity index is 1.75. The van der Waals surface area contributed by atoms with Crippen molar-refractivity contribution < 1.29 is 8.42 Å². The normalized spacial score (nSPS) is 24.0. The molecule has 1 aliphatic carbocycles. The summed E-state index contributed by atoms with van der Waals surface area (Å²) >= 11 is 0. The minimum absolute atomic E-state index is 0.138. The fraction of sp³-hybridized carbons (Fsp3) is 0.667. The average Bonchev–Trinajstić information content (AvgIpc) is 3.09. The van der Waals surface area contributed by atoms with E-state index in [0.29, 0.717) is 13.1 Å². The maximum atomic E-state index is 12.3. The predicted octanol–water partition coefficient (Wildman–Crippen LogP) is 2.89. The third-order valence-electron chi connectivity index (χ3n) is 6.33. The number of aryl methyl sites for hydroxylation is 1. The van der Waals surface area contributed by atoms with Gasteiger partial charge in [0.05, 0.1) is 10.5 Å².